The number of para-hydroxylation sites is 1. The van der Waals surface area contributed by atoms with Crippen LogP contribution in [-0.2, 0) is 11.2 Å². The number of rotatable bonds is 3. The summed E-state index contributed by atoms with van der Waals surface area (Å²) in [5.74, 6) is 1.44. The number of likely N-dealkylation sites (tertiary alicyclic amines) is 1. The van der Waals surface area contributed by atoms with Gasteiger partial charge in [-0.3, -0.25) is 9.69 Å². The molecule has 0 aliphatic carbocycles. The summed E-state index contributed by atoms with van der Waals surface area (Å²) in [7, 11) is 0. The van der Waals surface area contributed by atoms with Crippen LogP contribution >= 0.6 is 0 Å². The Kier molecular flexibility index (Phi) is 4.29. The lowest BCUT2D eigenvalue weighted by molar-refractivity contribution is -0.120. The Morgan fingerprint density at radius 2 is 2.16 bits per heavy atom. The fourth-order valence-corrected chi connectivity index (χ4v) is 4.08. The zero-order chi connectivity index (χ0) is 17.4. The molecule has 6 heteroatoms. The summed E-state index contributed by atoms with van der Waals surface area (Å²) >= 11 is 0. The van der Waals surface area contributed by atoms with Gasteiger partial charge in [-0.15, -0.1) is 0 Å². The van der Waals surface area contributed by atoms with Gasteiger partial charge in [0.05, 0.1) is 12.6 Å². The normalized spacial score (nSPS) is 23.7. The summed E-state index contributed by atoms with van der Waals surface area (Å²) in [6.07, 6.45) is 4.07. The molecule has 0 N–H and O–H groups in total. The maximum absolute atomic E-state index is 13.1. The lowest BCUT2D eigenvalue weighted by Gasteiger charge is -2.36. The predicted octanol–water partition coefficient (Wildman–Crippen LogP) is 2.88. The van der Waals surface area contributed by atoms with Gasteiger partial charge in [0.1, 0.15) is 0 Å². The number of fused-ring (bicyclic) bond motifs is 1. The van der Waals surface area contributed by atoms with E-state index in [4.69, 9.17) is 4.52 Å². The first-order valence-electron chi connectivity index (χ1n) is 9.07. The Bertz CT molecular complexity index is 772. The molecule has 1 fully saturated rings. The fraction of sp³-hybridized carbons (Fsp3) is 0.526. The maximum Gasteiger partial charge on any atom is 0.241 e. The monoisotopic (exact) mass is 340 g/mol. The number of aromatic nitrogens is 2. The topological polar surface area (TPSA) is 62.5 Å². The molecule has 1 amide bonds. The van der Waals surface area contributed by atoms with E-state index in [1.165, 1.54) is 5.56 Å². The molecule has 2 aromatic rings. The average Bonchev–Trinajstić information content (AvgIpc) is 3.23. The van der Waals surface area contributed by atoms with Crippen LogP contribution in [0.5, 0.6) is 0 Å². The van der Waals surface area contributed by atoms with Gasteiger partial charge in [-0.05, 0) is 50.8 Å². The van der Waals surface area contributed by atoms with Gasteiger partial charge in [-0.1, -0.05) is 23.4 Å². The zero-order valence-corrected chi connectivity index (χ0v) is 14.8. The second kappa shape index (κ2) is 6.59. The Balaban J connectivity index is 1.53. The molecule has 1 saturated heterocycles. The van der Waals surface area contributed by atoms with Gasteiger partial charge in [0.25, 0.3) is 0 Å². The quantitative estimate of drug-likeness (QED) is 0.860. The molecule has 4 rings (SSSR count). The van der Waals surface area contributed by atoms with Gasteiger partial charge in [-0.25, -0.2) is 0 Å². The second-order valence-corrected chi connectivity index (χ2v) is 7.08. The first-order chi connectivity index (χ1) is 12.1. The molecule has 0 saturated carbocycles. The van der Waals surface area contributed by atoms with Crippen LogP contribution in [0.2, 0.25) is 0 Å². The van der Waals surface area contributed by atoms with E-state index in [1.807, 2.05) is 17.0 Å². The zero-order valence-electron chi connectivity index (χ0n) is 14.8. The molecule has 0 radical (unpaired) electrons. The van der Waals surface area contributed by atoms with Crippen LogP contribution in [0.3, 0.4) is 0 Å². The van der Waals surface area contributed by atoms with E-state index in [9.17, 15) is 4.79 Å². The maximum atomic E-state index is 13.1. The van der Waals surface area contributed by atoms with E-state index in [1.54, 1.807) is 6.92 Å². The minimum atomic E-state index is 0.0803. The van der Waals surface area contributed by atoms with Gasteiger partial charge in [-0.2, -0.15) is 4.98 Å². The van der Waals surface area contributed by atoms with Crippen molar-refractivity contribution in [3.8, 4) is 0 Å². The predicted molar refractivity (Wildman–Crippen MR) is 94.3 cm³/mol. The number of carbonyl (C=O) groups excluding carboxylic acids is 1. The molecular formula is C19H24N4O2. The van der Waals surface area contributed by atoms with Crippen LogP contribution < -0.4 is 4.90 Å². The first-order valence-corrected chi connectivity index (χ1v) is 9.07. The van der Waals surface area contributed by atoms with Crippen molar-refractivity contribution >= 4 is 11.6 Å². The number of amides is 1. The van der Waals surface area contributed by atoms with E-state index in [2.05, 4.69) is 34.1 Å². The number of hydrogen-bond acceptors (Lipinski definition) is 5. The van der Waals surface area contributed by atoms with Crippen molar-refractivity contribution in [1.82, 2.24) is 15.0 Å². The van der Waals surface area contributed by atoms with Crippen molar-refractivity contribution in [2.24, 2.45) is 0 Å². The van der Waals surface area contributed by atoms with Crippen molar-refractivity contribution < 1.29 is 9.32 Å². The number of benzene rings is 1. The third kappa shape index (κ3) is 3.06. The Labute approximate surface area is 147 Å². The third-order valence-electron chi connectivity index (χ3n) is 5.34. The summed E-state index contributed by atoms with van der Waals surface area (Å²) in [4.78, 5) is 21.7. The van der Waals surface area contributed by atoms with Gasteiger partial charge >= 0.3 is 0 Å². The summed E-state index contributed by atoms with van der Waals surface area (Å²) < 4.78 is 5.13. The molecular weight excluding hydrogens is 316 g/mol. The summed E-state index contributed by atoms with van der Waals surface area (Å²) in [6, 6.07) is 8.56. The van der Waals surface area contributed by atoms with Crippen molar-refractivity contribution in [2.45, 2.75) is 51.6 Å². The van der Waals surface area contributed by atoms with Crippen LogP contribution in [-0.4, -0.2) is 40.1 Å². The Morgan fingerprint density at radius 1 is 1.32 bits per heavy atom. The molecule has 0 bridgehead atoms. The van der Waals surface area contributed by atoms with Gasteiger partial charge in [0.2, 0.25) is 11.8 Å². The number of hydrogen-bond donors (Lipinski definition) is 0. The highest BCUT2D eigenvalue weighted by Crippen LogP contribution is 2.33. The molecule has 25 heavy (non-hydrogen) atoms. The number of carbonyl (C=O) groups is 1. The largest absolute Gasteiger partial charge is 0.340 e. The number of anilines is 1. The number of nitrogens with zero attached hydrogens (tertiary/aromatic N) is 4. The average molecular weight is 340 g/mol. The lowest BCUT2D eigenvalue weighted by Crippen LogP contribution is -2.47. The summed E-state index contributed by atoms with van der Waals surface area (Å²) in [5.41, 5.74) is 2.33. The SMILES string of the molecule is Cc1nc([C@@H]2CCCN2CC(=O)N2c3ccccc3CC[C@H]2C)no1. The number of aryl methyl sites for hydroxylation is 2. The first kappa shape index (κ1) is 16.3. The van der Waals surface area contributed by atoms with Crippen molar-refractivity contribution in [2.75, 3.05) is 18.0 Å². The van der Waals surface area contributed by atoms with E-state index < -0.39 is 0 Å². The van der Waals surface area contributed by atoms with Gasteiger partial charge < -0.3 is 9.42 Å². The standard InChI is InChI=1S/C19H24N4O2/c1-13-9-10-15-6-3-4-7-16(15)23(13)18(24)12-22-11-5-8-17(22)19-20-14(2)25-21-19/h3-4,6-7,13,17H,5,8-12H2,1-2H3/t13-,17+/m1/s1. The molecule has 2 aliphatic heterocycles. The van der Waals surface area contributed by atoms with E-state index in [-0.39, 0.29) is 18.0 Å². The molecule has 2 aliphatic rings. The minimum absolute atomic E-state index is 0.0803. The molecule has 1 aromatic heterocycles. The van der Waals surface area contributed by atoms with Crippen LogP contribution in [0.4, 0.5) is 5.69 Å². The van der Waals surface area contributed by atoms with Crippen molar-refractivity contribution in [3.63, 3.8) is 0 Å². The molecule has 0 spiro atoms. The van der Waals surface area contributed by atoms with E-state index in [0.29, 0.717) is 18.3 Å². The molecule has 0 unspecified atom stereocenters. The highest BCUT2D eigenvalue weighted by atomic mass is 16.5. The lowest BCUT2D eigenvalue weighted by atomic mass is 9.96. The molecule has 132 valence electrons. The van der Waals surface area contributed by atoms with E-state index in [0.717, 1.165) is 37.9 Å². The Hall–Kier alpha value is -2.21. The summed E-state index contributed by atoms with van der Waals surface area (Å²) in [6.45, 7) is 5.23. The third-order valence-corrected chi connectivity index (χ3v) is 5.34. The van der Waals surface area contributed by atoms with Crippen molar-refractivity contribution in [1.29, 1.82) is 0 Å². The van der Waals surface area contributed by atoms with Crippen molar-refractivity contribution in [3.05, 3.63) is 41.5 Å². The smallest absolute Gasteiger partial charge is 0.241 e. The second-order valence-electron chi connectivity index (χ2n) is 7.08. The fourth-order valence-electron chi connectivity index (χ4n) is 4.08. The molecule has 2 atom stereocenters. The van der Waals surface area contributed by atoms with Gasteiger partial charge in [0.15, 0.2) is 5.82 Å². The van der Waals surface area contributed by atoms with Crippen LogP contribution in [0, 0.1) is 6.92 Å². The Morgan fingerprint density at radius 3 is 2.96 bits per heavy atom. The molecule has 6 nitrogen and oxygen atoms in total. The highest BCUT2D eigenvalue weighted by Gasteiger charge is 2.34. The van der Waals surface area contributed by atoms with Crippen LogP contribution in [0.25, 0.3) is 0 Å². The van der Waals surface area contributed by atoms with Gasteiger partial charge in [0, 0.05) is 18.7 Å². The minimum Gasteiger partial charge on any atom is -0.340 e. The van der Waals surface area contributed by atoms with E-state index >= 15 is 0 Å². The molecule has 1 aromatic carbocycles. The highest BCUT2D eigenvalue weighted by molar-refractivity contribution is 5.96. The molecule has 3 heterocycles. The van der Waals surface area contributed by atoms with Crippen LogP contribution in [0.15, 0.2) is 28.8 Å². The summed E-state index contributed by atoms with van der Waals surface area (Å²) in [5, 5.41) is 4.07. The van der Waals surface area contributed by atoms with Crippen LogP contribution in [0.1, 0.15) is 49.5 Å².